The highest BCUT2D eigenvalue weighted by Crippen LogP contribution is 2.72. The number of halogens is 12. The average Bonchev–Trinajstić information content (AvgIpc) is 3.16. The standard InChI is InChI=1S/C37H24F12O5S3/c1-53-26-12-18-30(19-13-26)56(29-16-10-25(11-17-29)33(38,39)40,54-57(51,52)37(48,49)35(43,44)34(41,42)36(45,46)47)31-20-14-27(15-21-31)55-28-9-5-8-24(22-28)32(50)23-6-3-2-4-7-23/h2-22H,1H3. The molecule has 0 bridgehead atoms. The molecule has 0 N–H and O–H groups in total. The Morgan fingerprint density at radius 2 is 1.05 bits per heavy atom. The predicted octanol–water partition coefficient (Wildman–Crippen LogP) is 12.1. The van der Waals surface area contributed by atoms with Gasteiger partial charge in [0.25, 0.3) is 0 Å². The van der Waals surface area contributed by atoms with Gasteiger partial charge in [0.2, 0.25) is 0 Å². The third kappa shape index (κ3) is 8.22. The third-order valence-electron chi connectivity index (χ3n) is 8.05. The van der Waals surface area contributed by atoms with Crippen LogP contribution in [0.15, 0.2) is 152 Å². The molecule has 0 saturated heterocycles. The number of ketones is 1. The maximum atomic E-state index is 15.3. The molecule has 1 unspecified atom stereocenters. The molecule has 304 valence electrons. The molecular weight excluding hydrogens is 849 g/mol. The van der Waals surface area contributed by atoms with Crippen molar-refractivity contribution in [1.29, 1.82) is 0 Å². The van der Waals surface area contributed by atoms with Crippen LogP contribution in [-0.2, 0) is 19.9 Å². The maximum absolute atomic E-state index is 15.3. The molecule has 5 aromatic rings. The van der Waals surface area contributed by atoms with E-state index in [-0.39, 0.29) is 17.1 Å². The van der Waals surface area contributed by atoms with E-state index in [1.165, 1.54) is 25.3 Å². The first-order valence-corrected chi connectivity index (χ1v) is 19.5. The van der Waals surface area contributed by atoms with Gasteiger partial charge in [-0.3, -0.25) is 4.79 Å². The molecule has 0 radical (unpaired) electrons. The molecule has 0 fully saturated rings. The summed E-state index contributed by atoms with van der Waals surface area (Å²) in [7, 11) is -11.1. The fourth-order valence-electron chi connectivity index (χ4n) is 5.12. The van der Waals surface area contributed by atoms with E-state index in [2.05, 4.69) is 0 Å². The first-order chi connectivity index (χ1) is 26.4. The van der Waals surface area contributed by atoms with Crippen molar-refractivity contribution in [3.05, 3.63) is 144 Å². The lowest BCUT2D eigenvalue weighted by molar-refractivity contribution is -0.382. The smallest absolute Gasteiger partial charge is 0.460 e. The zero-order valence-electron chi connectivity index (χ0n) is 28.4. The van der Waals surface area contributed by atoms with Crippen LogP contribution in [0.5, 0.6) is 5.75 Å². The van der Waals surface area contributed by atoms with Crippen LogP contribution in [0.3, 0.4) is 0 Å². The minimum absolute atomic E-state index is 0.0173. The predicted molar refractivity (Wildman–Crippen MR) is 185 cm³/mol. The van der Waals surface area contributed by atoms with Crippen molar-refractivity contribution >= 4 is 38.0 Å². The second-order valence-electron chi connectivity index (χ2n) is 11.7. The van der Waals surface area contributed by atoms with Crippen molar-refractivity contribution in [3.8, 4) is 5.75 Å². The number of alkyl halides is 12. The first kappa shape index (κ1) is 43.5. The van der Waals surface area contributed by atoms with E-state index in [9.17, 15) is 57.1 Å². The molecule has 0 saturated carbocycles. The third-order valence-corrected chi connectivity index (χ3v) is 14.3. The van der Waals surface area contributed by atoms with Gasteiger partial charge in [-0.1, -0.05) is 54.2 Å². The van der Waals surface area contributed by atoms with Crippen molar-refractivity contribution in [3.63, 3.8) is 0 Å². The molecular formula is C37H24F12O5S3. The van der Waals surface area contributed by atoms with E-state index in [1.54, 1.807) is 48.5 Å². The zero-order valence-corrected chi connectivity index (χ0v) is 30.9. The van der Waals surface area contributed by atoms with Gasteiger partial charge >= 0.3 is 39.6 Å². The Morgan fingerprint density at radius 3 is 1.54 bits per heavy atom. The molecule has 0 spiro atoms. The molecule has 0 amide bonds. The number of hydrogen-bond donors (Lipinski definition) is 0. The highest BCUT2D eigenvalue weighted by atomic mass is 32.3. The van der Waals surface area contributed by atoms with E-state index in [4.69, 9.17) is 8.37 Å². The lowest BCUT2D eigenvalue weighted by Crippen LogP contribution is -2.63. The highest BCUT2D eigenvalue weighted by molar-refractivity contribution is 8.33. The molecule has 5 rings (SSSR count). The number of rotatable bonds is 13. The second kappa shape index (κ2) is 15.6. The maximum Gasteiger partial charge on any atom is 0.460 e. The van der Waals surface area contributed by atoms with E-state index < -0.39 is 70.1 Å². The zero-order chi connectivity index (χ0) is 42.2. The molecule has 0 aliphatic heterocycles. The Morgan fingerprint density at radius 1 is 0.561 bits per heavy atom. The summed E-state index contributed by atoms with van der Waals surface area (Å²) in [5.74, 6) is -15.6. The summed E-state index contributed by atoms with van der Waals surface area (Å²) >= 11 is 1.01. The summed E-state index contributed by atoms with van der Waals surface area (Å²) in [6.45, 7) is 0. The number of ether oxygens (including phenoxy) is 1. The van der Waals surface area contributed by atoms with E-state index in [0.717, 1.165) is 48.2 Å². The van der Waals surface area contributed by atoms with Crippen molar-refractivity contribution in [2.24, 2.45) is 0 Å². The minimum Gasteiger partial charge on any atom is -0.497 e. The van der Waals surface area contributed by atoms with Crippen molar-refractivity contribution < 1.29 is 74.3 Å². The Hall–Kier alpha value is -4.66. The molecule has 5 aromatic carbocycles. The van der Waals surface area contributed by atoms with Gasteiger partial charge in [-0.25, -0.2) is 3.63 Å². The Bertz CT molecular complexity index is 2320. The molecule has 0 aliphatic carbocycles. The Balaban J connectivity index is 1.69. The second-order valence-corrected chi connectivity index (χ2v) is 17.4. The normalized spacial score (nSPS) is 14.8. The summed E-state index contributed by atoms with van der Waals surface area (Å²) in [6.07, 6.45) is -12.4. The van der Waals surface area contributed by atoms with Crippen LogP contribution in [0.25, 0.3) is 0 Å². The highest BCUT2D eigenvalue weighted by Gasteiger charge is 2.86. The first-order valence-electron chi connectivity index (χ1n) is 15.7. The van der Waals surface area contributed by atoms with Crippen LogP contribution in [0, 0.1) is 0 Å². The van der Waals surface area contributed by atoms with Crippen molar-refractivity contribution in [2.45, 2.75) is 53.9 Å². The van der Waals surface area contributed by atoms with Gasteiger partial charge in [-0.2, -0.15) is 61.1 Å². The number of carbonyl (C=O) groups excluding carboxylic acids is 1. The van der Waals surface area contributed by atoms with E-state index in [0.29, 0.717) is 39.6 Å². The summed E-state index contributed by atoms with van der Waals surface area (Å²) in [4.78, 5) is 12.0. The summed E-state index contributed by atoms with van der Waals surface area (Å²) < 4.78 is 204. The van der Waals surface area contributed by atoms with Crippen LogP contribution in [-0.4, -0.2) is 44.6 Å². The largest absolute Gasteiger partial charge is 0.497 e. The van der Waals surface area contributed by atoms with E-state index in [1.807, 2.05) is 0 Å². The van der Waals surface area contributed by atoms with Gasteiger partial charge in [-0.05, 0) is 95.2 Å². The van der Waals surface area contributed by atoms with Crippen molar-refractivity contribution in [2.75, 3.05) is 7.11 Å². The molecule has 1 atom stereocenters. The molecule has 57 heavy (non-hydrogen) atoms. The van der Waals surface area contributed by atoms with Gasteiger partial charge in [0.15, 0.2) is 5.78 Å². The summed E-state index contributed by atoms with van der Waals surface area (Å²) in [5, 5.41) is -7.31. The van der Waals surface area contributed by atoms with Crippen LogP contribution < -0.4 is 4.74 Å². The fourth-order valence-corrected chi connectivity index (χ4v) is 11.2. The fraction of sp³-hybridized carbons (Fsp3) is 0.162. The molecule has 0 aliphatic rings. The monoisotopic (exact) mass is 872 g/mol. The van der Waals surface area contributed by atoms with Gasteiger partial charge in [0, 0.05) is 35.6 Å². The van der Waals surface area contributed by atoms with E-state index >= 15 is 8.78 Å². The average molecular weight is 873 g/mol. The SMILES string of the molecule is COc1ccc(S(OS(=O)(=O)C(F)(F)C(F)(F)C(F)(F)C(F)(F)F)(c2ccc(Sc3cccc(C(=O)c4ccccc4)c3)cc2)c2ccc(C(F)(F)F)cc2)cc1. The van der Waals surface area contributed by atoms with Gasteiger partial charge in [0.05, 0.1) is 12.7 Å². The van der Waals surface area contributed by atoms with Crippen LogP contribution in [0.4, 0.5) is 52.7 Å². The summed E-state index contributed by atoms with van der Waals surface area (Å²) in [5.41, 5.74) is -0.704. The minimum atomic E-state index is -7.68. The lowest BCUT2D eigenvalue weighted by atomic mass is 10.0. The molecule has 5 nitrogen and oxygen atoms in total. The van der Waals surface area contributed by atoms with Gasteiger partial charge in [-0.15, -0.1) is 0 Å². The Kier molecular flexibility index (Phi) is 11.9. The number of benzene rings is 5. The molecule has 0 heterocycles. The Labute approximate surface area is 322 Å². The molecule has 20 heteroatoms. The van der Waals surface area contributed by atoms with Crippen LogP contribution >= 0.6 is 22.1 Å². The number of carbonyl (C=O) groups is 1. The topological polar surface area (TPSA) is 69.7 Å². The van der Waals surface area contributed by atoms with Gasteiger partial charge in [0.1, 0.15) is 5.75 Å². The number of hydrogen-bond acceptors (Lipinski definition) is 6. The molecule has 0 aromatic heterocycles. The van der Waals surface area contributed by atoms with Gasteiger partial charge < -0.3 is 4.74 Å². The van der Waals surface area contributed by atoms with Crippen LogP contribution in [0.2, 0.25) is 0 Å². The van der Waals surface area contributed by atoms with Crippen LogP contribution in [0.1, 0.15) is 21.5 Å². The quantitative estimate of drug-likeness (QED) is 0.0867. The number of methoxy groups -OCH3 is 1. The lowest BCUT2D eigenvalue weighted by Gasteiger charge is -2.41. The van der Waals surface area contributed by atoms with Crippen molar-refractivity contribution in [1.82, 2.24) is 0 Å². The summed E-state index contributed by atoms with van der Waals surface area (Å²) in [6, 6.07) is 24.8.